The average Bonchev–Trinajstić information content (AvgIpc) is 2.37. The molecule has 0 radical (unpaired) electrons. The summed E-state index contributed by atoms with van der Waals surface area (Å²) >= 11 is 0. The Labute approximate surface area is 113 Å². The molecule has 5 heteroatoms. The van der Waals surface area contributed by atoms with Gasteiger partial charge in [0.15, 0.2) is 0 Å². The fourth-order valence-corrected chi connectivity index (χ4v) is 1.79. The van der Waals surface area contributed by atoms with Crippen LogP contribution in [0.1, 0.15) is 5.56 Å². The molecule has 100 valence electrons. The maximum Gasteiger partial charge on any atom is 0.102 e. The zero-order valence-electron chi connectivity index (χ0n) is 10.7. The Morgan fingerprint density at radius 1 is 0.895 bits per heavy atom. The van der Waals surface area contributed by atoms with Gasteiger partial charge in [0.25, 0.3) is 0 Å². The van der Waals surface area contributed by atoms with Crippen LogP contribution in [0.3, 0.4) is 0 Å². The monoisotopic (exact) mass is 276 g/mol. The van der Waals surface area contributed by atoms with Gasteiger partial charge in [0.05, 0.1) is 10.0 Å². The molecule has 0 bridgehead atoms. The maximum absolute atomic E-state index is 10.8. The van der Waals surface area contributed by atoms with Crippen molar-refractivity contribution in [3.8, 4) is 16.9 Å². The summed E-state index contributed by atoms with van der Waals surface area (Å²) in [6.45, 7) is 2.04. The van der Waals surface area contributed by atoms with E-state index >= 15 is 0 Å². The van der Waals surface area contributed by atoms with E-state index in [2.05, 4.69) is 4.89 Å². The van der Waals surface area contributed by atoms with Gasteiger partial charge in [-0.3, -0.25) is 0 Å². The zero-order valence-corrected chi connectivity index (χ0v) is 11.5. The average molecular weight is 276 g/mol. The number of hydrogen-bond donors (Lipinski definition) is 0. The first kappa shape index (κ1) is 13.6. The molecular formula is C14H14NO3S-. The van der Waals surface area contributed by atoms with Crippen molar-refractivity contribution in [2.24, 2.45) is 0 Å². The molecule has 0 atom stereocenters. The molecule has 0 heterocycles. The molecule has 0 aliphatic rings. The van der Waals surface area contributed by atoms with Crippen molar-refractivity contribution in [1.29, 1.82) is 0 Å². The summed E-state index contributed by atoms with van der Waals surface area (Å²) in [4.78, 5) is 7.93. The molecule has 0 spiro atoms. The topological polar surface area (TPSA) is 57.5 Å². The molecule has 2 aromatic rings. The number of sulfonamides is 1. The molecule has 0 fully saturated rings. The predicted molar refractivity (Wildman–Crippen MR) is 75.4 cm³/mol. The van der Waals surface area contributed by atoms with Gasteiger partial charge in [0.2, 0.25) is 0 Å². The first-order chi connectivity index (χ1) is 8.94. The van der Waals surface area contributed by atoms with E-state index in [4.69, 9.17) is 4.84 Å². The van der Waals surface area contributed by atoms with Crippen LogP contribution in [0.25, 0.3) is 16.0 Å². The molecule has 2 aromatic carbocycles. The van der Waals surface area contributed by atoms with Gasteiger partial charge in [-0.1, -0.05) is 42.0 Å². The summed E-state index contributed by atoms with van der Waals surface area (Å²) in [5.41, 5.74) is 3.33. The Hall–Kier alpha value is -1.85. The van der Waals surface area contributed by atoms with Gasteiger partial charge in [-0.25, -0.2) is 8.42 Å². The Morgan fingerprint density at radius 2 is 1.37 bits per heavy atom. The van der Waals surface area contributed by atoms with Gasteiger partial charge < -0.3 is 9.72 Å². The van der Waals surface area contributed by atoms with Crippen molar-refractivity contribution in [1.82, 2.24) is 0 Å². The molecule has 19 heavy (non-hydrogen) atoms. The molecule has 0 aromatic heterocycles. The van der Waals surface area contributed by atoms with E-state index in [-0.39, 0.29) is 0 Å². The van der Waals surface area contributed by atoms with Crippen molar-refractivity contribution < 1.29 is 13.3 Å². The first-order valence-electron chi connectivity index (χ1n) is 5.70. The third kappa shape index (κ3) is 4.08. The van der Waals surface area contributed by atoms with Crippen LogP contribution in [0.5, 0.6) is 5.75 Å². The Balaban J connectivity index is 2.12. The Kier molecular flexibility index (Phi) is 3.87. The summed E-state index contributed by atoms with van der Waals surface area (Å²) in [5, 5.41) is 0. The lowest BCUT2D eigenvalue weighted by atomic mass is 10.0. The molecule has 0 N–H and O–H groups in total. The maximum atomic E-state index is 10.8. The Bertz CT molecular complexity index is 646. The van der Waals surface area contributed by atoms with Crippen molar-refractivity contribution in [2.45, 2.75) is 6.92 Å². The van der Waals surface area contributed by atoms with E-state index in [1.165, 1.54) is 5.56 Å². The largest absolute Gasteiger partial charge is 0.575 e. The van der Waals surface area contributed by atoms with E-state index in [1.54, 1.807) is 12.1 Å². The molecule has 0 saturated heterocycles. The summed E-state index contributed by atoms with van der Waals surface area (Å²) in [5.74, 6) is 0.390. The van der Waals surface area contributed by atoms with Gasteiger partial charge in [0.1, 0.15) is 5.75 Å². The fraction of sp³-hybridized carbons (Fsp3) is 0.143. The van der Waals surface area contributed by atoms with Crippen LogP contribution in [-0.2, 0) is 10.0 Å². The van der Waals surface area contributed by atoms with E-state index in [0.717, 1.165) is 17.4 Å². The van der Waals surface area contributed by atoms with Crippen LogP contribution in [0.2, 0.25) is 0 Å². The minimum Gasteiger partial charge on any atom is -0.575 e. The van der Waals surface area contributed by atoms with Crippen molar-refractivity contribution in [3.63, 3.8) is 0 Å². The van der Waals surface area contributed by atoms with E-state index in [9.17, 15) is 8.42 Å². The molecule has 0 amide bonds. The smallest absolute Gasteiger partial charge is 0.102 e. The molecule has 2 rings (SSSR count). The minimum atomic E-state index is -3.49. The highest BCUT2D eigenvalue weighted by atomic mass is 32.2. The molecule has 4 nitrogen and oxygen atoms in total. The SMILES string of the molecule is Cc1ccc(-c2ccc(O[N-]S(C)(=O)=O)cc2)cc1. The highest BCUT2D eigenvalue weighted by Gasteiger charge is 1.97. The second-order valence-electron chi connectivity index (χ2n) is 4.29. The summed E-state index contributed by atoms with van der Waals surface area (Å²) in [6.07, 6.45) is 0.980. The van der Waals surface area contributed by atoms with Crippen LogP contribution in [-0.4, -0.2) is 14.7 Å². The standard InChI is InChI=1S/C14H14NO3S/c1-11-3-5-12(6-4-11)13-7-9-14(10-8-13)18-15-19(2,16)17/h3-10H,1-2H3/q-1. The Morgan fingerprint density at radius 3 is 1.84 bits per heavy atom. The lowest BCUT2D eigenvalue weighted by Crippen LogP contribution is -1.98. The summed E-state index contributed by atoms with van der Waals surface area (Å²) < 4.78 is 21.7. The molecular weight excluding hydrogens is 262 g/mol. The summed E-state index contributed by atoms with van der Waals surface area (Å²) in [7, 11) is -3.49. The molecule has 0 saturated carbocycles. The van der Waals surface area contributed by atoms with Crippen LogP contribution < -0.4 is 4.84 Å². The van der Waals surface area contributed by atoms with Crippen LogP contribution >= 0.6 is 0 Å². The van der Waals surface area contributed by atoms with Crippen LogP contribution in [0.4, 0.5) is 0 Å². The van der Waals surface area contributed by atoms with Crippen LogP contribution in [0.15, 0.2) is 48.5 Å². The number of rotatable bonds is 4. The van der Waals surface area contributed by atoms with Gasteiger partial charge >= 0.3 is 0 Å². The van der Waals surface area contributed by atoms with E-state index in [0.29, 0.717) is 5.75 Å². The quantitative estimate of drug-likeness (QED) is 0.805. The van der Waals surface area contributed by atoms with Gasteiger partial charge in [0, 0.05) is 6.26 Å². The van der Waals surface area contributed by atoms with E-state index in [1.807, 2.05) is 43.3 Å². The lowest BCUT2D eigenvalue weighted by molar-refractivity contribution is 0.454. The van der Waals surface area contributed by atoms with E-state index < -0.39 is 10.0 Å². The third-order valence-electron chi connectivity index (χ3n) is 2.52. The number of aryl methyl sites for hydroxylation is 1. The summed E-state index contributed by atoms with van der Waals surface area (Å²) in [6, 6.07) is 15.2. The van der Waals surface area contributed by atoms with Gasteiger partial charge in [-0.15, -0.1) is 0 Å². The van der Waals surface area contributed by atoms with Gasteiger partial charge in [-0.2, -0.15) is 0 Å². The second-order valence-corrected chi connectivity index (χ2v) is 5.90. The van der Waals surface area contributed by atoms with Gasteiger partial charge in [-0.05, 0) is 30.2 Å². The first-order valence-corrected chi connectivity index (χ1v) is 7.55. The van der Waals surface area contributed by atoms with Crippen molar-refractivity contribution in [3.05, 3.63) is 59.0 Å². The third-order valence-corrected chi connectivity index (χ3v) is 2.86. The second kappa shape index (κ2) is 5.42. The highest BCUT2D eigenvalue weighted by Crippen LogP contribution is 2.23. The number of nitrogens with zero attached hydrogens (tertiary/aromatic N) is 1. The number of hydrogen-bond acceptors (Lipinski definition) is 3. The minimum absolute atomic E-state index is 0.390. The highest BCUT2D eigenvalue weighted by molar-refractivity contribution is 7.93. The molecule has 0 aliphatic carbocycles. The van der Waals surface area contributed by atoms with Crippen molar-refractivity contribution in [2.75, 3.05) is 6.26 Å². The molecule has 0 unspecified atom stereocenters. The number of benzene rings is 2. The normalized spacial score (nSPS) is 11.3. The fourth-order valence-electron chi connectivity index (χ4n) is 1.56. The zero-order chi connectivity index (χ0) is 13.9. The lowest BCUT2D eigenvalue weighted by Gasteiger charge is -2.19. The predicted octanol–water partition coefficient (Wildman–Crippen LogP) is 3.29. The van der Waals surface area contributed by atoms with Crippen molar-refractivity contribution >= 4 is 10.0 Å². The molecule has 0 aliphatic heterocycles. The van der Waals surface area contributed by atoms with Crippen LogP contribution in [0, 0.1) is 6.92 Å².